The Hall–Kier alpha value is -2.90. The first-order valence-electron chi connectivity index (χ1n) is 11.4. The molecule has 37 heavy (non-hydrogen) atoms. The summed E-state index contributed by atoms with van der Waals surface area (Å²) < 4.78 is 96.5. The fraction of sp³-hybridized carbons (Fsp3) is 0.500. The van der Waals surface area contributed by atoms with Crippen molar-refractivity contribution in [1.29, 1.82) is 0 Å². The van der Waals surface area contributed by atoms with Crippen LogP contribution in [0.15, 0.2) is 24.4 Å². The zero-order valence-electron chi connectivity index (χ0n) is 19.7. The Morgan fingerprint density at radius 1 is 1.24 bits per heavy atom. The fourth-order valence-electron chi connectivity index (χ4n) is 4.62. The molecule has 2 fully saturated rings. The summed E-state index contributed by atoms with van der Waals surface area (Å²) in [7, 11) is 0. The maximum absolute atomic E-state index is 14.9. The van der Waals surface area contributed by atoms with E-state index in [1.165, 1.54) is 0 Å². The Morgan fingerprint density at radius 3 is 2.51 bits per heavy atom. The molecule has 202 valence electrons. The molecule has 1 amide bonds. The molecule has 2 heterocycles. The van der Waals surface area contributed by atoms with Gasteiger partial charge in [0.05, 0.1) is 30.3 Å². The minimum absolute atomic E-state index is 0.0203. The van der Waals surface area contributed by atoms with Gasteiger partial charge in [0.2, 0.25) is 5.82 Å². The summed E-state index contributed by atoms with van der Waals surface area (Å²) in [5, 5.41) is 20.9. The van der Waals surface area contributed by atoms with Gasteiger partial charge in [-0.25, -0.2) is 8.78 Å². The molecule has 1 aliphatic heterocycles. The molecule has 2 aliphatic rings. The van der Waals surface area contributed by atoms with Crippen LogP contribution in [0.25, 0.3) is 0 Å². The van der Waals surface area contributed by atoms with E-state index in [0.717, 1.165) is 26.0 Å². The lowest BCUT2D eigenvalue weighted by atomic mass is 9.76. The third kappa shape index (κ3) is 4.87. The highest BCUT2D eigenvalue weighted by atomic mass is 19.4. The van der Waals surface area contributed by atoms with E-state index in [2.05, 4.69) is 10.3 Å². The zero-order valence-corrected chi connectivity index (χ0v) is 19.7. The Morgan fingerprint density at radius 2 is 1.92 bits per heavy atom. The number of benzene rings is 1. The van der Waals surface area contributed by atoms with Crippen molar-refractivity contribution < 1.29 is 50.8 Å². The SMILES string of the molecule is C[C@H]1[C@@H](c2ccc(F)c(F)c2OC2CC(O)C2)[C@H](C(=O)Nc2cc(CO)ncc2F)O[C@@]1(C)C(F)(F)F. The molecule has 2 aromatic rings. The van der Waals surface area contributed by atoms with Gasteiger partial charge in [-0.2, -0.15) is 17.6 Å². The Kier molecular flexibility index (Phi) is 7.16. The van der Waals surface area contributed by atoms with Gasteiger partial charge in [0.1, 0.15) is 12.2 Å². The number of aliphatic hydroxyl groups is 2. The van der Waals surface area contributed by atoms with Gasteiger partial charge in [0, 0.05) is 30.2 Å². The quantitative estimate of drug-likeness (QED) is 0.485. The van der Waals surface area contributed by atoms with Gasteiger partial charge in [-0.15, -0.1) is 0 Å². The van der Waals surface area contributed by atoms with Crippen LogP contribution in [0.5, 0.6) is 5.75 Å². The van der Waals surface area contributed by atoms with Gasteiger partial charge in [-0.05, 0) is 19.1 Å². The van der Waals surface area contributed by atoms with Crippen LogP contribution < -0.4 is 10.1 Å². The normalized spacial score (nSPS) is 29.6. The summed E-state index contributed by atoms with van der Waals surface area (Å²) in [6.45, 7) is 1.29. The number of ether oxygens (including phenoxy) is 2. The van der Waals surface area contributed by atoms with E-state index < -0.39 is 83.3 Å². The summed E-state index contributed by atoms with van der Waals surface area (Å²) in [6.07, 6.45) is -7.41. The first-order valence-corrected chi connectivity index (χ1v) is 11.4. The number of carbonyl (C=O) groups excluding carboxylic acids is 1. The molecule has 1 saturated carbocycles. The molecule has 1 aromatic carbocycles. The Labute approximate surface area is 207 Å². The van der Waals surface area contributed by atoms with E-state index in [0.29, 0.717) is 12.3 Å². The molecule has 1 aromatic heterocycles. The van der Waals surface area contributed by atoms with Crippen molar-refractivity contribution in [2.24, 2.45) is 5.92 Å². The highest BCUT2D eigenvalue weighted by molar-refractivity contribution is 5.95. The predicted molar refractivity (Wildman–Crippen MR) is 116 cm³/mol. The van der Waals surface area contributed by atoms with E-state index in [4.69, 9.17) is 9.47 Å². The summed E-state index contributed by atoms with van der Waals surface area (Å²) >= 11 is 0. The van der Waals surface area contributed by atoms with Crippen LogP contribution in [0.4, 0.5) is 32.0 Å². The van der Waals surface area contributed by atoms with Crippen molar-refractivity contribution in [3.63, 3.8) is 0 Å². The summed E-state index contributed by atoms with van der Waals surface area (Å²) in [6, 6.07) is 2.72. The smallest absolute Gasteiger partial charge is 0.417 e. The number of aromatic nitrogens is 1. The van der Waals surface area contributed by atoms with Crippen molar-refractivity contribution >= 4 is 11.6 Å². The number of nitrogens with zero attached hydrogens (tertiary/aromatic N) is 1. The molecular weight excluding hydrogens is 510 g/mol. The Bertz CT molecular complexity index is 1190. The monoisotopic (exact) mass is 534 g/mol. The van der Waals surface area contributed by atoms with Gasteiger partial charge < -0.3 is 25.0 Å². The van der Waals surface area contributed by atoms with Crippen LogP contribution >= 0.6 is 0 Å². The number of halogens is 6. The molecule has 7 nitrogen and oxygen atoms in total. The third-order valence-electron chi connectivity index (χ3n) is 7.05. The van der Waals surface area contributed by atoms with Gasteiger partial charge in [0.25, 0.3) is 5.91 Å². The minimum Gasteiger partial charge on any atom is -0.487 e. The van der Waals surface area contributed by atoms with Crippen molar-refractivity contribution in [3.05, 3.63) is 53.1 Å². The molecule has 0 radical (unpaired) electrons. The largest absolute Gasteiger partial charge is 0.487 e. The number of carbonyl (C=O) groups is 1. The number of alkyl halides is 3. The van der Waals surface area contributed by atoms with Crippen molar-refractivity contribution in [2.45, 2.75) is 69.3 Å². The van der Waals surface area contributed by atoms with Gasteiger partial charge >= 0.3 is 6.18 Å². The highest BCUT2D eigenvalue weighted by Gasteiger charge is 2.66. The topological polar surface area (TPSA) is 101 Å². The number of aliphatic hydroxyl groups excluding tert-OH is 2. The molecule has 13 heteroatoms. The summed E-state index contributed by atoms with van der Waals surface area (Å²) in [5.41, 5.74) is -3.62. The van der Waals surface area contributed by atoms with Crippen LogP contribution in [-0.2, 0) is 16.1 Å². The lowest BCUT2D eigenvalue weighted by Crippen LogP contribution is -2.47. The van der Waals surface area contributed by atoms with Crippen LogP contribution in [-0.4, -0.2) is 51.2 Å². The van der Waals surface area contributed by atoms with E-state index in [-0.39, 0.29) is 24.1 Å². The maximum Gasteiger partial charge on any atom is 0.417 e. The number of pyridine rings is 1. The van der Waals surface area contributed by atoms with Crippen molar-refractivity contribution in [3.8, 4) is 5.75 Å². The van der Waals surface area contributed by atoms with E-state index in [1.54, 1.807) is 0 Å². The number of anilines is 1. The molecule has 0 spiro atoms. The third-order valence-corrected chi connectivity index (χ3v) is 7.05. The molecule has 0 unspecified atom stereocenters. The summed E-state index contributed by atoms with van der Waals surface area (Å²) in [5.74, 6) is -8.67. The lowest BCUT2D eigenvalue weighted by Gasteiger charge is -2.34. The van der Waals surface area contributed by atoms with E-state index in [9.17, 15) is 41.4 Å². The first-order chi connectivity index (χ1) is 17.3. The number of hydrogen-bond donors (Lipinski definition) is 3. The zero-order chi connectivity index (χ0) is 27.3. The minimum atomic E-state index is -4.97. The van der Waals surface area contributed by atoms with E-state index >= 15 is 0 Å². The number of rotatable bonds is 6. The first kappa shape index (κ1) is 27.1. The number of nitrogens with one attached hydrogen (secondary N) is 1. The van der Waals surface area contributed by atoms with Gasteiger partial charge in [-0.3, -0.25) is 9.78 Å². The Balaban J connectivity index is 1.77. The van der Waals surface area contributed by atoms with Crippen molar-refractivity contribution in [1.82, 2.24) is 4.98 Å². The molecule has 1 aliphatic carbocycles. The molecule has 0 bridgehead atoms. The number of amides is 1. The lowest BCUT2D eigenvalue weighted by molar-refractivity contribution is -0.272. The second-order valence-corrected chi connectivity index (χ2v) is 9.41. The molecule has 4 atom stereocenters. The van der Waals surface area contributed by atoms with E-state index in [1.807, 2.05) is 0 Å². The van der Waals surface area contributed by atoms with Gasteiger partial charge in [-0.1, -0.05) is 13.0 Å². The van der Waals surface area contributed by atoms with Crippen LogP contribution in [0.2, 0.25) is 0 Å². The standard InChI is InChI=1S/C24H24F6N2O5/c1-10-18(14-3-4-15(25)19(27)20(14)36-13-6-12(34)7-13)21(37-23(10,2)24(28,29)30)22(35)32-17-5-11(9-33)31-8-16(17)26/h3-5,8,10,12-13,18,21,33-34H,6-7,9H2,1-2H3,(H,31,32,35)/t10-,12?,13?,18-,21+,23+/m0/s1. The molecule has 3 N–H and O–H groups in total. The average Bonchev–Trinajstić information content (AvgIpc) is 3.09. The molecular formula is C24H24F6N2O5. The average molecular weight is 534 g/mol. The van der Waals surface area contributed by atoms with Crippen molar-refractivity contribution in [2.75, 3.05) is 5.32 Å². The summed E-state index contributed by atoms with van der Waals surface area (Å²) in [4.78, 5) is 16.8. The second-order valence-electron chi connectivity index (χ2n) is 9.41. The number of hydrogen-bond acceptors (Lipinski definition) is 6. The molecule has 1 saturated heterocycles. The van der Waals surface area contributed by atoms with Crippen LogP contribution in [0, 0.1) is 23.4 Å². The van der Waals surface area contributed by atoms with Crippen LogP contribution in [0.1, 0.15) is 43.9 Å². The fourth-order valence-corrected chi connectivity index (χ4v) is 4.62. The van der Waals surface area contributed by atoms with Crippen LogP contribution in [0.3, 0.4) is 0 Å². The second kappa shape index (κ2) is 9.76. The highest BCUT2D eigenvalue weighted by Crippen LogP contribution is 2.55. The molecule has 4 rings (SSSR count). The maximum atomic E-state index is 14.9. The van der Waals surface area contributed by atoms with Gasteiger partial charge in [0.15, 0.2) is 23.0 Å². The predicted octanol–water partition coefficient (Wildman–Crippen LogP) is 3.97.